The Hall–Kier alpha value is -4.04. The Labute approximate surface area is 221 Å². The number of hydrogen-bond donors (Lipinski definition) is 0. The Bertz CT molecular complexity index is 1520. The van der Waals surface area contributed by atoms with Crippen molar-refractivity contribution in [1.29, 1.82) is 0 Å². The average molecular weight is 515 g/mol. The van der Waals surface area contributed by atoms with Crippen LogP contribution in [0.4, 0.5) is 4.39 Å². The number of benzene rings is 3. The van der Waals surface area contributed by atoms with Gasteiger partial charge in [-0.15, -0.1) is 0 Å². The van der Waals surface area contributed by atoms with Gasteiger partial charge in [0.05, 0.1) is 29.2 Å². The summed E-state index contributed by atoms with van der Waals surface area (Å²) in [5, 5.41) is 0.552. The number of ether oxygens (including phenoxy) is 1. The molecule has 2 heterocycles. The van der Waals surface area contributed by atoms with Crippen LogP contribution in [0.1, 0.15) is 43.0 Å². The lowest BCUT2D eigenvalue weighted by atomic mass is 10.1. The number of rotatable bonds is 6. The summed E-state index contributed by atoms with van der Waals surface area (Å²) in [6.45, 7) is 8.19. The summed E-state index contributed by atoms with van der Waals surface area (Å²) in [6, 6.07) is 20.3. The summed E-state index contributed by atoms with van der Waals surface area (Å²) >= 11 is 0. The van der Waals surface area contributed by atoms with E-state index in [0.29, 0.717) is 54.2 Å². The third-order valence-corrected chi connectivity index (χ3v) is 7.12. The Morgan fingerprint density at radius 2 is 1.84 bits per heavy atom. The van der Waals surface area contributed by atoms with E-state index in [0.717, 1.165) is 5.75 Å². The van der Waals surface area contributed by atoms with Gasteiger partial charge in [-0.25, -0.2) is 9.37 Å². The molecule has 1 saturated heterocycles. The molecule has 1 aromatic heterocycles. The number of carbonyl (C=O) groups is 1. The zero-order chi connectivity index (χ0) is 26.8. The number of para-hydroxylation sites is 1. The number of piperazine rings is 1. The van der Waals surface area contributed by atoms with Crippen molar-refractivity contribution in [3.63, 3.8) is 0 Å². The Morgan fingerprint density at radius 1 is 1.08 bits per heavy atom. The lowest BCUT2D eigenvalue weighted by Crippen LogP contribution is -2.54. The molecule has 0 radical (unpaired) electrons. The lowest BCUT2D eigenvalue weighted by molar-refractivity contribution is 0.0393. The number of aromatic nitrogens is 2. The van der Waals surface area contributed by atoms with Gasteiger partial charge in [0.2, 0.25) is 0 Å². The molecule has 0 N–H and O–H groups in total. The van der Waals surface area contributed by atoms with Crippen LogP contribution in [-0.2, 0) is 0 Å². The van der Waals surface area contributed by atoms with Gasteiger partial charge in [-0.1, -0.05) is 18.2 Å². The van der Waals surface area contributed by atoms with E-state index in [4.69, 9.17) is 9.72 Å². The van der Waals surface area contributed by atoms with E-state index >= 15 is 0 Å². The molecular formula is C30H31FN4O3. The highest BCUT2D eigenvalue weighted by Gasteiger charge is 2.32. The predicted molar refractivity (Wildman–Crippen MR) is 145 cm³/mol. The molecule has 38 heavy (non-hydrogen) atoms. The van der Waals surface area contributed by atoms with Crippen LogP contribution in [0.15, 0.2) is 77.6 Å². The molecule has 5 rings (SSSR count). The minimum absolute atomic E-state index is 0.104. The van der Waals surface area contributed by atoms with Crippen molar-refractivity contribution in [3.8, 4) is 11.4 Å². The maximum Gasteiger partial charge on any atom is 0.266 e. The third-order valence-electron chi connectivity index (χ3n) is 7.12. The maximum absolute atomic E-state index is 13.7. The van der Waals surface area contributed by atoms with Crippen molar-refractivity contribution in [2.75, 3.05) is 26.2 Å². The number of fused-ring (bicyclic) bond motifs is 1. The van der Waals surface area contributed by atoms with E-state index in [9.17, 15) is 14.0 Å². The van der Waals surface area contributed by atoms with Crippen LogP contribution < -0.4 is 10.3 Å². The van der Waals surface area contributed by atoms with Gasteiger partial charge in [-0.3, -0.25) is 19.1 Å². The van der Waals surface area contributed by atoms with E-state index < -0.39 is 5.82 Å². The first-order chi connectivity index (χ1) is 18.4. The summed E-state index contributed by atoms with van der Waals surface area (Å²) in [5.41, 5.74) is 1.58. The monoisotopic (exact) mass is 514 g/mol. The highest BCUT2D eigenvalue weighted by atomic mass is 19.1. The van der Waals surface area contributed by atoms with E-state index in [1.54, 1.807) is 27.7 Å². The Morgan fingerprint density at radius 3 is 2.55 bits per heavy atom. The highest BCUT2D eigenvalue weighted by Crippen LogP contribution is 2.26. The second kappa shape index (κ2) is 10.8. The van der Waals surface area contributed by atoms with Crippen LogP contribution in [0.2, 0.25) is 0 Å². The predicted octanol–water partition coefficient (Wildman–Crippen LogP) is 4.83. The van der Waals surface area contributed by atoms with Crippen molar-refractivity contribution in [1.82, 2.24) is 19.4 Å². The van der Waals surface area contributed by atoms with E-state index in [1.807, 2.05) is 63.2 Å². The first-order valence-electron chi connectivity index (χ1n) is 12.9. The Balaban J connectivity index is 1.47. The van der Waals surface area contributed by atoms with Crippen LogP contribution in [0.3, 0.4) is 0 Å². The number of amides is 1. The molecule has 8 heteroatoms. The van der Waals surface area contributed by atoms with Gasteiger partial charge in [0.25, 0.3) is 11.5 Å². The topological polar surface area (TPSA) is 67.7 Å². The Kier molecular flexibility index (Phi) is 7.24. The minimum Gasteiger partial charge on any atom is -0.494 e. The summed E-state index contributed by atoms with van der Waals surface area (Å²) in [5.74, 6) is 0.764. The molecule has 0 spiro atoms. The molecular weight excluding hydrogens is 483 g/mol. The fraction of sp³-hybridized carbons (Fsp3) is 0.300. The first kappa shape index (κ1) is 25.6. The largest absolute Gasteiger partial charge is 0.494 e. The fourth-order valence-electron chi connectivity index (χ4n) is 5.13. The summed E-state index contributed by atoms with van der Waals surface area (Å²) < 4.78 is 21.0. The van der Waals surface area contributed by atoms with Gasteiger partial charge in [0, 0.05) is 31.2 Å². The fourth-order valence-corrected chi connectivity index (χ4v) is 5.13. The van der Waals surface area contributed by atoms with Gasteiger partial charge < -0.3 is 9.64 Å². The van der Waals surface area contributed by atoms with Crippen LogP contribution in [-0.4, -0.2) is 57.5 Å². The minimum atomic E-state index is -0.426. The smallest absolute Gasteiger partial charge is 0.266 e. The van der Waals surface area contributed by atoms with Crippen molar-refractivity contribution >= 4 is 16.8 Å². The van der Waals surface area contributed by atoms with Crippen molar-refractivity contribution < 1.29 is 13.9 Å². The second-order valence-electron chi connectivity index (χ2n) is 9.58. The van der Waals surface area contributed by atoms with Crippen LogP contribution in [0.25, 0.3) is 16.6 Å². The molecule has 1 amide bonds. The number of nitrogens with zero attached hydrogens (tertiary/aromatic N) is 4. The molecule has 0 bridgehead atoms. The zero-order valence-corrected chi connectivity index (χ0v) is 21.8. The standard InChI is InChI=1S/C30H31FN4O3/c1-4-38-25-14-12-24(13-15-25)35-28(32-27-11-6-5-10-26(27)30(35)37)21(3)33-16-17-34(20(2)19-33)29(36)22-8-7-9-23(31)18-22/h5-15,18,20-21H,4,16-17,19H2,1-3H3. The summed E-state index contributed by atoms with van der Waals surface area (Å²) in [7, 11) is 0. The van der Waals surface area contributed by atoms with Gasteiger partial charge in [0.15, 0.2) is 0 Å². The molecule has 2 unspecified atom stereocenters. The third kappa shape index (κ3) is 4.91. The van der Waals surface area contributed by atoms with Crippen molar-refractivity contribution in [2.24, 2.45) is 0 Å². The normalized spacial score (nSPS) is 16.9. The maximum atomic E-state index is 13.7. The van der Waals surface area contributed by atoms with Gasteiger partial charge in [0.1, 0.15) is 17.4 Å². The zero-order valence-electron chi connectivity index (χ0n) is 21.8. The molecule has 7 nitrogen and oxygen atoms in total. The quantitative estimate of drug-likeness (QED) is 0.369. The summed E-state index contributed by atoms with van der Waals surface area (Å²) in [4.78, 5) is 35.8. The highest BCUT2D eigenvalue weighted by molar-refractivity contribution is 5.94. The summed E-state index contributed by atoms with van der Waals surface area (Å²) in [6.07, 6.45) is 0. The second-order valence-corrected chi connectivity index (χ2v) is 9.58. The van der Waals surface area contributed by atoms with E-state index in [2.05, 4.69) is 4.90 Å². The number of hydrogen-bond acceptors (Lipinski definition) is 5. The molecule has 3 aromatic carbocycles. The first-order valence-corrected chi connectivity index (χ1v) is 12.9. The molecule has 4 aromatic rings. The van der Waals surface area contributed by atoms with E-state index in [1.165, 1.54) is 12.1 Å². The number of halogens is 1. The molecule has 1 aliphatic rings. The molecule has 0 aliphatic carbocycles. The SMILES string of the molecule is CCOc1ccc(-n2c(C(C)N3CCN(C(=O)c4cccc(F)c4)C(C)C3)nc3ccccc3c2=O)cc1. The van der Waals surface area contributed by atoms with Crippen molar-refractivity contribution in [2.45, 2.75) is 32.9 Å². The van der Waals surface area contributed by atoms with Crippen LogP contribution >= 0.6 is 0 Å². The lowest BCUT2D eigenvalue weighted by Gasteiger charge is -2.42. The number of carbonyl (C=O) groups excluding carboxylic acids is 1. The van der Waals surface area contributed by atoms with Crippen molar-refractivity contribution in [3.05, 3.63) is 100 Å². The van der Waals surface area contributed by atoms with Gasteiger partial charge in [-0.05, 0) is 75.4 Å². The molecule has 1 fully saturated rings. The molecule has 1 aliphatic heterocycles. The van der Waals surface area contributed by atoms with Gasteiger partial charge >= 0.3 is 0 Å². The van der Waals surface area contributed by atoms with Crippen LogP contribution in [0, 0.1) is 5.82 Å². The average Bonchev–Trinajstić information content (AvgIpc) is 2.93. The van der Waals surface area contributed by atoms with E-state index in [-0.39, 0.29) is 23.6 Å². The molecule has 196 valence electrons. The molecule has 0 saturated carbocycles. The molecule has 2 atom stereocenters. The van der Waals surface area contributed by atoms with Crippen LogP contribution in [0.5, 0.6) is 5.75 Å². The van der Waals surface area contributed by atoms with Gasteiger partial charge in [-0.2, -0.15) is 0 Å².